The molecule has 2 aliphatic heterocycles. The van der Waals surface area contributed by atoms with Crippen molar-refractivity contribution in [2.45, 2.75) is 31.2 Å². The van der Waals surface area contributed by atoms with Crippen molar-refractivity contribution < 1.29 is 27.8 Å². The van der Waals surface area contributed by atoms with E-state index in [1.165, 1.54) is 30.3 Å². The average molecular weight is 355 g/mol. The van der Waals surface area contributed by atoms with Crippen molar-refractivity contribution in [3.63, 3.8) is 0 Å². The van der Waals surface area contributed by atoms with Gasteiger partial charge in [0.25, 0.3) is 5.92 Å². The van der Waals surface area contributed by atoms with Gasteiger partial charge in [-0.2, -0.15) is 0 Å². The zero-order chi connectivity index (χ0) is 18.0. The molecule has 3 rings (SSSR count). The van der Waals surface area contributed by atoms with Crippen LogP contribution in [-0.4, -0.2) is 65.5 Å². The zero-order valence-corrected chi connectivity index (χ0v) is 13.8. The Bertz CT molecular complexity index is 653. The van der Waals surface area contributed by atoms with E-state index in [-0.39, 0.29) is 18.2 Å². The van der Waals surface area contributed by atoms with E-state index in [9.17, 15) is 18.4 Å². The minimum atomic E-state index is -3.07. The smallest absolute Gasteiger partial charge is 0.415 e. The van der Waals surface area contributed by atoms with Crippen LogP contribution in [0.15, 0.2) is 18.3 Å². The van der Waals surface area contributed by atoms with Crippen LogP contribution in [0, 0.1) is 0 Å². The predicted octanol–water partition coefficient (Wildman–Crippen LogP) is 1.92. The molecule has 0 unspecified atom stereocenters. The Morgan fingerprint density at radius 1 is 1.40 bits per heavy atom. The molecular formula is C16H19F2N3O4. The minimum Gasteiger partial charge on any atom is -0.481 e. The summed E-state index contributed by atoms with van der Waals surface area (Å²) in [7, 11) is 1.45. The molecule has 0 N–H and O–H groups in total. The van der Waals surface area contributed by atoms with Crippen molar-refractivity contribution in [1.29, 1.82) is 0 Å². The van der Waals surface area contributed by atoms with Gasteiger partial charge < -0.3 is 14.4 Å². The highest BCUT2D eigenvalue weighted by Crippen LogP contribution is 2.31. The average Bonchev–Trinajstić information content (AvgIpc) is 3.00. The molecule has 0 aromatic carbocycles. The Morgan fingerprint density at radius 3 is 2.80 bits per heavy atom. The number of carbonyl (C=O) groups excluding carboxylic acids is 2. The Morgan fingerprint density at radius 2 is 2.20 bits per heavy atom. The van der Waals surface area contributed by atoms with Crippen molar-refractivity contribution in [3.05, 3.63) is 18.3 Å². The lowest BCUT2D eigenvalue weighted by Gasteiger charge is -2.40. The number of carbonyl (C=O) groups is 2. The summed E-state index contributed by atoms with van der Waals surface area (Å²) in [4.78, 5) is 30.4. The van der Waals surface area contributed by atoms with E-state index in [0.29, 0.717) is 25.3 Å². The van der Waals surface area contributed by atoms with Gasteiger partial charge in [0.05, 0.1) is 25.9 Å². The summed E-state index contributed by atoms with van der Waals surface area (Å²) < 4.78 is 38.2. The van der Waals surface area contributed by atoms with Crippen LogP contribution in [0.25, 0.3) is 0 Å². The number of amides is 2. The van der Waals surface area contributed by atoms with Crippen LogP contribution >= 0.6 is 0 Å². The number of hydrogen-bond acceptors (Lipinski definition) is 5. The number of aromatic nitrogens is 1. The first-order valence-corrected chi connectivity index (χ1v) is 8.02. The fourth-order valence-corrected chi connectivity index (χ4v) is 3.19. The summed E-state index contributed by atoms with van der Waals surface area (Å²) in [5.41, 5.74) is 0. The largest absolute Gasteiger partial charge is 0.481 e. The fraction of sp³-hybridized carbons (Fsp3) is 0.562. The number of halogens is 2. The molecule has 7 nitrogen and oxygen atoms in total. The molecule has 0 aliphatic carbocycles. The van der Waals surface area contributed by atoms with E-state index >= 15 is 0 Å². The monoisotopic (exact) mass is 355 g/mol. The second kappa shape index (κ2) is 6.81. The lowest BCUT2D eigenvalue weighted by atomic mass is 10.0. The summed E-state index contributed by atoms with van der Waals surface area (Å²) in [6.07, 6.45) is 0.975. The molecule has 25 heavy (non-hydrogen) atoms. The molecule has 2 amide bonds. The quantitative estimate of drug-likeness (QED) is 0.828. The van der Waals surface area contributed by atoms with Gasteiger partial charge in [0.1, 0.15) is 0 Å². The first-order valence-electron chi connectivity index (χ1n) is 8.02. The van der Waals surface area contributed by atoms with Crippen LogP contribution in [0.1, 0.15) is 19.3 Å². The molecule has 136 valence electrons. The molecule has 2 fully saturated rings. The van der Waals surface area contributed by atoms with Gasteiger partial charge in [0.2, 0.25) is 11.8 Å². The van der Waals surface area contributed by atoms with Crippen LogP contribution < -0.4 is 9.47 Å². The third-order valence-corrected chi connectivity index (χ3v) is 4.32. The molecule has 0 bridgehead atoms. The Hall–Kier alpha value is -2.45. The molecule has 3 heterocycles. The van der Waals surface area contributed by atoms with Crippen LogP contribution in [0.3, 0.4) is 0 Å². The van der Waals surface area contributed by atoms with Crippen molar-refractivity contribution in [2.75, 3.05) is 26.7 Å². The lowest BCUT2D eigenvalue weighted by Crippen LogP contribution is -2.57. The predicted molar refractivity (Wildman–Crippen MR) is 82.7 cm³/mol. The molecule has 1 aromatic heterocycles. The maximum absolute atomic E-state index is 14.1. The van der Waals surface area contributed by atoms with E-state index in [1.807, 2.05) is 0 Å². The van der Waals surface area contributed by atoms with Crippen LogP contribution in [0.4, 0.5) is 13.6 Å². The standard InChI is InChI=1S/C16H19F2N3O4/c1-24-13-5-4-12(8-19-13)25-15(23)20-9-11(7-16(17,18)10-20)21-6-2-3-14(21)22/h4-5,8,11H,2-3,6-7,9-10H2,1H3/t11-/m1/s1. The molecular weight excluding hydrogens is 336 g/mol. The van der Waals surface area contributed by atoms with E-state index < -0.39 is 31.0 Å². The third kappa shape index (κ3) is 3.97. The lowest BCUT2D eigenvalue weighted by molar-refractivity contribution is -0.135. The first kappa shape index (κ1) is 17.4. The second-order valence-electron chi connectivity index (χ2n) is 6.19. The van der Waals surface area contributed by atoms with E-state index in [1.54, 1.807) is 0 Å². The summed E-state index contributed by atoms with van der Waals surface area (Å²) in [6, 6.07) is 2.27. The maximum atomic E-state index is 14.1. The van der Waals surface area contributed by atoms with E-state index in [0.717, 1.165) is 4.90 Å². The molecule has 9 heteroatoms. The minimum absolute atomic E-state index is 0.0315. The Balaban J connectivity index is 1.68. The van der Waals surface area contributed by atoms with Crippen molar-refractivity contribution in [2.24, 2.45) is 0 Å². The number of ether oxygens (including phenoxy) is 2. The number of likely N-dealkylation sites (tertiary alicyclic amines) is 2. The van der Waals surface area contributed by atoms with Gasteiger partial charge in [0.15, 0.2) is 5.75 Å². The number of rotatable bonds is 3. The molecule has 2 saturated heterocycles. The van der Waals surface area contributed by atoms with Gasteiger partial charge in [-0.15, -0.1) is 0 Å². The van der Waals surface area contributed by atoms with Gasteiger partial charge in [-0.25, -0.2) is 18.6 Å². The Kier molecular flexibility index (Phi) is 4.73. The fourth-order valence-electron chi connectivity index (χ4n) is 3.19. The third-order valence-electron chi connectivity index (χ3n) is 4.32. The highest BCUT2D eigenvalue weighted by Gasteiger charge is 2.46. The van der Waals surface area contributed by atoms with Gasteiger partial charge >= 0.3 is 6.09 Å². The van der Waals surface area contributed by atoms with E-state index in [4.69, 9.17) is 9.47 Å². The van der Waals surface area contributed by atoms with Gasteiger partial charge in [-0.1, -0.05) is 0 Å². The molecule has 1 aromatic rings. The van der Waals surface area contributed by atoms with Crippen LogP contribution in [-0.2, 0) is 4.79 Å². The van der Waals surface area contributed by atoms with Crippen molar-refractivity contribution in [1.82, 2.24) is 14.8 Å². The molecule has 0 saturated carbocycles. The number of pyridine rings is 1. The topological polar surface area (TPSA) is 72.0 Å². The normalized spacial score (nSPS) is 22.8. The summed E-state index contributed by atoms with van der Waals surface area (Å²) in [5.74, 6) is -2.73. The first-order chi connectivity index (χ1) is 11.9. The summed E-state index contributed by atoms with van der Waals surface area (Å²) >= 11 is 0. The van der Waals surface area contributed by atoms with Gasteiger partial charge in [-0.3, -0.25) is 9.69 Å². The highest BCUT2D eigenvalue weighted by molar-refractivity contribution is 5.78. The number of hydrogen-bond donors (Lipinski definition) is 0. The molecule has 2 aliphatic rings. The number of alkyl halides is 2. The summed E-state index contributed by atoms with van der Waals surface area (Å²) in [6.45, 7) is -0.247. The highest BCUT2D eigenvalue weighted by atomic mass is 19.3. The SMILES string of the molecule is COc1ccc(OC(=O)N2C[C@H](N3CCCC3=O)CC(F)(F)C2)cn1. The molecule has 0 radical (unpaired) electrons. The Labute approximate surface area is 143 Å². The van der Waals surface area contributed by atoms with Crippen LogP contribution in [0.2, 0.25) is 0 Å². The second-order valence-corrected chi connectivity index (χ2v) is 6.19. The number of piperidine rings is 1. The van der Waals surface area contributed by atoms with Gasteiger partial charge in [-0.05, 0) is 12.5 Å². The maximum Gasteiger partial charge on any atom is 0.415 e. The van der Waals surface area contributed by atoms with Crippen molar-refractivity contribution >= 4 is 12.0 Å². The number of methoxy groups -OCH3 is 1. The van der Waals surface area contributed by atoms with Crippen LogP contribution in [0.5, 0.6) is 11.6 Å². The van der Waals surface area contributed by atoms with Crippen molar-refractivity contribution in [3.8, 4) is 11.6 Å². The molecule has 1 atom stereocenters. The zero-order valence-electron chi connectivity index (χ0n) is 13.8. The molecule has 0 spiro atoms. The summed E-state index contributed by atoms with van der Waals surface area (Å²) in [5, 5.41) is 0. The van der Waals surface area contributed by atoms with Gasteiger partial charge in [0, 0.05) is 32.0 Å². The van der Waals surface area contributed by atoms with E-state index in [2.05, 4.69) is 4.98 Å². The number of nitrogens with zero attached hydrogens (tertiary/aromatic N) is 3.